The lowest BCUT2D eigenvalue weighted by atomic mass is 10.2. The molecule has 0 aliphatic carbocycles. The second-order valence-electron chi connectivity index (χ2n) is 4.50. The number of amides is 1. The van der Waals surface area contributed by atoms with Crippen LogP contribution in [-0.4, -0.2) is 44.6 Å². The van der Waals surface area contributed by atoms with Gasteiger partial charge >= 0.3 is 0 Å². The number of hydrogen-bond acceptors (Lipinski definition) is 3. The molecule has 0 N–H and O–H groups in total. The smallest absolute Gasteiger partial charge is 0.273 e. The lowest BCUT2D eigenvalue weighted by molar-refractivity contribution is 0.0744. The van der Waals surface area contributed by atoms with Gasteiger partial charge in [-0.1, -0.05) is 6.92 Å². The van der Waals surface area contributed by atoms with Crippen LogP contribution < -0.4 is 0 Å². The third-order valence-corrected chi connectivity index (χ3v) is 5.06. The molecule has 0 unspecified atom stereocenters. The van der Waals surface area contributed by atoms with Crippen molar-refractivity contribution in [2.24, 2.45) is 5.92 Å². The molecule has 1 aliphatic rings. The molecule has 1 aromatic heterocycles. The first-order valence-corrected chi connectivity index (χ1v) is 8.11. The minimum Gasteiger partial charge on any atom is -0.336 e. The summed E-state index contributed by atoms with van der Waals surface area (Å²) >= 11 is 3.34. The summed E-state index contributed by atoms with van der Waals surface area (Å²) in [7, 11) is -0.813. The lowest BCUT2D eigenvalue weighted by Gasteiger charge is -2.22. The van der Waals surface area contributed by atoms with Crippen LogP contribution in [0.3, 0.4) is 0 Å². The molecule has 18 heavy (non-hydrogen) atoms. The van der Waals surface area contributed by atoms with Crippen LogP contribution in [0.15, 0.2) is 22.8 Å². The highest BCUT2D eigenvalue weighted by atomic mass is 79.9. The molecule has 1 fully saturated rings. The van der Waals surface area contributed by atoms with Gasteiger partial charge in [0, 0.05) is 46.1 Å². The molecule has 0 bridgehead atoms. The van der Waals surface area contributed by atoms with E-state index >= 15 is 0 Å². The van der Waals surface area contributed by atoms with Crippen LogP contribution in [0.1, 0.15) is 17.4 Å². The average molecular weight is 331 g/mol. The number of halogens is 1. The highest BCUT2D eigenvalue weighted by Gasteiger charge is 2.25. The average Bonchev–Trinajstić information content (AvgIpc) is 2.50. The molecule has 1 aromatic rings. The van der Waals surface area contributed by atoms with Gasteiger partial charge in [0.15, 0.2) is 0 Å². The van der Waals surface area contributed by atoms with E-state index in [1.165, 1.54) is 0 Å². The standard InChI is InChI=1S/C12H15BrN2O2S/c1-9-7-15(5-6-18(17)8-9)12(16)11-10(13)3-2-4-14-11/h2-4,9H,5-8H2,1H3/t9-,18-/m0/s1. The van der Waals surface area contributed by atoms with E-state index in [0.717, 1.165) is 0 Å². The Kier molecular flexibility index (Phi) is 4.50. The summed E-state index contributed by atoms with van der Waals surface area (Å²) in [6, 6.07) is 3.58. The van der Waals surface area contributed by atoms with Crippen LogP contribution in [0.2, 0.25) is 0 Å². The molecule has 0 saturated carbocycles. The maximum atomic E-state index is 12.4. The van der Waals surface area contributed by atoms with Crippen molar-refractivity contribution >= 4 is 32.6 Å². The third kappa shape index (κ3) is 3.17. The van der Waals surface area contributed by atoms with Crippen molar-refractivity contribution in [2.75, 3.05) is 24.6 Å². The predicted molar refractivity (Wildman–Crippen MR) is 74.9 cm³/mol. The highest BCUT2D eigenvalue weighted by Crippen LogP contribution is 2.17. The first-order valence-electron chi connectivity index (χ1n) is 5.82. The van der Waals surface area contributed by atoms with Crippen LogP contribution in [0.25, 0.3) is 0 Å². The number of hydrogen-bond donors (Lipinski definition) is 0. The van der Waals surface area contributed by atoms with Crippen molar-refractivity contribution in [3.63, 3.8) is 0 Å². The van der Waals surface area contributed by atoms with Gasteiger partial charge < -0.3 is 4.90 Å². The monoisotopic (exact) mass is 330 g/mol. The van der Waals surface area contributed by atoms with E-state index in [2.05, 4.69) is 20.9 Å². The van der Waals surface area contributed by atoms with E-state index < -0.39 is 10.8 Å². The minimum absolute atomic E-state index is 0.0896. The van der Waals surface area contributed by atoms with E-state index in [9.17, 15) is 9.00 Å². The van der Waals surface area contributed by atoms with Gasteiger partial charge in [-0.05, 0) is 34.0 Å². The summed E-state index contributed by atoms with van der Waals surface area (Å²) in [6.07, 6.45) is 1.61. The molecule has 2 heterocycles. The molecule has 1 aliphatic heterocycles. The summed E-state index contributed by atoms with van der Waals surface area (Å²) in [6.45, 7) is 3.21. The fourth-order valence-electron chi connectivity index (χ4n) is 2.01. The van der Waals surface area contributed by atoms with Crippen LogP contribution in [0.4, 0.5) is 0 Å². The van der Waals surface area contributed by atoms with E-state index in [4.69, 9.17) is 0 Å². The maximum Gasteiger partial charge on any atom is 0.273 e. The Morgan fingerprint density at radius 1 is 1.61 bits per heavy atom. The summed E-state index contributed by atoms with van der Waals surface area (Å²) < 4.78 is 12.3. The Hall–Kier alpha value is -0.750. The van der Waals surface area contributed by atoms with Gasteiger partial charge in [0.05, 0.1) is 0 Å². The second-order valence-corrected chi connectivity index (χ2v) is 6.98. The van der Waals surface area contributed by atoms with Gasteiger partial charge in [-0.25, -0.2) is 4.98 Å². The Morgan fingerprint density at radius 3 is 3.11 bits per heavy atom. The topological polar surface area (TPSA) is 50.3 Å². The molecule has 98 valence electrons. The molecule has 6 heteroatoms. The Labute approximate surface area is 117 Å². The fourth-order valence-corrected chi connectivity index (χ4v) is 3.77. The van der Waals surface area contributed by atoms with Crippen molar-refractivity contribution in [3.05, 3.63) is 28.5 Å². The van der Waals surface area contributed by atoms with E-state index in [-0.39, 0.29) is 11.8 Å². The summed E-state index contributed by atoms with van der Waals surface area (Å²) in [5.41, 5.74) is 0.428. The maximum absolute atomic E-state index is 12.4. The van der Waals surface area contributed by atoms with Crippen LogP contribution in [0.5, 0.6) is 0 Å². The zero-order valence-electron chi connectivity index (χ0n) is 10.1. The van der Waals surface area contributed by atoms with Gasteiger partial charge in [0.1, 0.15) is 5.69 Å². The molecule has 4 nitrogen and oxygen atoms in total. The van der Waals surface area contributed by atoms with Gasteiger partial charge in [-0.3, -0.25) is 9.00 Å². The highest BCUT2D eigenvalue weighted by molar-refractivity contribution is 9.10. The van der Waals surface area contributed by atoms with Crippen molar-refractivity contribution < 1.29 is 9.00 Å². The first-order chi connectivity index (χ1) is 8.58. The Bertz CT molecular complexity index is 481. The van der Waals surface area contributed by atoms with Crippen LogP contribution >= 0.6 is 15.9 Å². The number of carbonyl (C=O) groups is 1. The number of pyridine rings is 1. The fraction of sp³-hybridized carbons (Fsp3) is 0.500. The van der Waals surface area contributed by atoms with Crippen molar-refractivity contribution in [1.82, 2.24) is 9.88 Å². The quantitative estimate of drug-likeness (QED) is 0.787. The SMILES string of the molecule is C[C@H]1CN(C(=O)c2ncccc2Br)CC[S@](=O)C1. The molecule has 1 amide bonds. The molecule has 0 radical (unpaired) electrons. The number of aromatic nitrogens is 1. The molecule has 0 aromatic carbocycles. The van der Waals surface area contributed by atoms with Crippen molar-refractivity contribution in [3.8, 4) is 0 Å². The number of rotatable bonds is 1. The van der Waals surface area contributed by atoms with E-state index in [0.29, 0.717) is 34.8 Å². The molecule has 0 spiro atoms. The van der Waals surface area contributed by atoms with Gasteiger partial charge in [-0.2, -0.15) is 0 Å². The van der Waals surface area contributed by atoms with Gasteiger partial charge in [0.25, 0.3) is 5.91 Å². The number of nitrogens with zero attached hydrogens (tertiary/aromatic N) is 2. The Morgan fingerprint density at radius 2 is 2.39 bits per heavy atom. The van der Waals surface area contributed by atoms with E-state index in [1.54, 1.807) is 23.2 Å². The third-order valence-electron chi connectivity index (χ3n) is 2.84. The first kappa shape index (κ1) is 13.7. The zero-order chi connectivity index (χ0) is 13.1. The summed E-state index contributed by atoms with van der Waals surface area (Å²) in [4.78, 5) is 18.2. The largest absolute Gasteiger partial charge is 0.336 e. The van der Waals surface area contributed by atoms with Crippen molar-refractivity contribution in [2.45, 2.75) is 6.92 Å². The van der Waals surface area contributed by atoms with E-state index in [1.807, 2.05) is 6.92 Å². The van der Waals surface area contributed by atoms with Gasteiger partial charge in [-0.15, -0.1) is 0 Å². The molecular weight excluding hydrogens is 316 g/mol. The Balaban J connectivity index is 2.18. The minimum atomic E-state index is -0.813. The lowest BCUT2D eigenvalue weighted by Crippen LogP contribution is -2.36. The van der Waals surface area contributed by atoms with Gasteiger partial charge in [0.2, 0.25) is 0 Å². The molecule has 1 saturated heterocycles. The molecular formula is C12H15BrN2O2S. The molecule has 2 rings (SSSR count). The predicted octanol–water partition coefficient (Wildman–Crippen LogP) is 1.68. The number of carbonyl (C=O) groups excluding carboxylic acids is 1. The zero-order valence-corrected chi connectivity index (χ0v) is 12.5. The molecule has 2 atom stereocenters. The van der Waals surface area contributed by atoms with Crippen LogP contribution in [-0.2, 0) is 10.8 Å². The second kappa shape index (κ2) is 5.93. The van der Waals surface area contributed by atoms with Crippen LogP contribution in [0, 0.1) is 5.92 Å². The summed E-state index contributed by atoms with van der Waals surface area (Å²) in [5, 5.41) is 0. The summed E-state index contributed by atoms with van der Waals surface area (Å²) in [5.74, 6) is 1.40. The normalized spacial score (nSPS) is 24.7. The van der Waals surface area contributed by atoms with Crippen molar-refractivity contribution in [1.29, 1.82) is 0 Å².